The molecule has 0 aromatic heterocycles. The molecule has 0 bridgehead atoms. The Balaban J connectivity index is 3.37. The van der Waals surface area contributed by atoms with E-state index >= 15 is 0 Å². The number of carbonyl (C=O) groups is 1. The fourth-order valence-electron chi connectivity index (χ4n) is 1.13. The van der Waals surface area contributed by atoms with E-state index in [0.717, 1.165) is 4.31 Å². The first-order valence-electron chi connectivity index (χ1n) is 4.53. The van der Waals surface area contributed by atoms with Crippen LogP contribution in [0, 0.1) is 0 Å². The Morgan fingerprint density at radius 2 is 2.00 bits per heavy atom. The summed E-state index contributed by atoms with van der Waals surface area (Å²) in [6, 6.07) is 3.84. The van der Waals surface area contributed by atoms with Crippen molar-refractivity contribution >= 4 is 27.5 Å². The molecule has 1 rings (SSSR count). The number of halogens is 1. The molecular formula is C9H12ClN3O3S. The van der Waals surface area contributed by atoms with E-state index in [2.05, 4.69) is 0 Å². The van der Waals surface area contributed by atoms with Gasteiger partial charge in [0.25, 0.3) is 5.91 Å². The van der Waals surface area contributed by atoms with E-state index in [1.807, 2.05) is 5.43 Å². The van der Waals surface area contributed by atoms with Crippen LogP contribution in [0.3, 0.4) is 0 Å². The predicted octanol–water partition coefficient (Wildman–Crippen LogP) is 0.194. The van der Waals surface area contributed by atoms with Crippen LogP contribution in [-0.4, -0.2) is 32.7 Å². The molecular weight excluding hydrogens is 266 g/mol. The lowest BCUT2D eigenvalue weighted by atomic mass is 10.2. The lowest BCUT2D eigenvalue weighted by molar-refractivity contribution is 0.0953. The average Bonchev–Trinajstić information content (AvgIpc) is 2.28. The number of hydrogen-bond acceptors (Lipinski definition) is 4. The van der Waals surface area contributed by atoms with E-state index in [1.54, 1.807) is 0 Å². The van der Waals surface area contributed by atoms with E-state index in [4.69, 9.17) is 17.4 Å². The van der Waals surface area contributed by atoms with Gasteiger partial charge in [-0.25, -0.2) is 18.6 Å². The third-order valence-corrected chi connectivity index (χ3v) is 4.23. The van der Waals surface area contributed by atoms with Crippen molar-refractivity contribution in [3.05, 3.63) is 28.8 Å². The molecule has 0 heterocycles. The summed E-state index contributed by atoms with van der Waals surface area (Å²) in [5.74, 6) is 4.33. The molecule has 0 saturated carbocycles. The van der Waals surface area contributed by atoms with E-state index in [9.17, 15) is 13.2 Å². The number of nitrogens with zero attached hydrogens (tertiary/aromatic N) is 1. The third kappa shape index (κ3) is 2.75. The highest BCUT2D eigenvalue weighted by molar-refractivity contribution is 7.89. The van der Waals surface area contributed by atoms with Gasteiger partial charge < -0.3 is 0 Å². The first kappa shape index (κ1) is 13.9. The normalized spacial score (nSPS) is 11.6. The Bertz CT molecular complexity index is 542. The van der Waals surface area contributed by atoms with Crippen LogP contribution in [0.2, 0.25) is 5.02 Å². The van der Waals surface area contributed by atoms with Crippen LogP contribution in [-0.2, 0) is 10.0 Å². The molecule has 0 fully saturated rings. The van der Waals surface area contributed by atoms with E-state index < -0.39 is 15.9 Å². The van der Waals surface area contributed by atoms with Crippen LogP contribution < -0.4 is 11.3 Å². The number of nitrogen functional groups attached to an aromatic ring is 1. The second-order valence-electron chi connectivity index (χ2n) is 3.40. The summed E-state index contributed by atoms with van der Waals surface area (Å²) in [5.41, 5.74) is 1.91. The first-order valence-corrected chi connectivity index (χ1v) is 6.35. The molecule has 94 valence electrons. The van der Waals surface area contributed by atoms with Crippen molar-refractivity contribution in [2.45, 2.75) is 4.90 Å². The zero-order valence-corrected chi connectivity index (χ0v) is 10.8. The number of hydrazine groups is 1. The minimum atomic E-state index is -3.60. The Hall–Kier alpha value is -1.15. The molecule has 1 aromatic rings. The van der Waals surface area contributed by atoms with Gasteiger partial charge in [0.2, 0.25) is 10.0 Å². The van der Waals surface area contributed by atoms with E-state index in [1.165, 1.54) is 32.3 Å². The highest BCUT2D eigenvalue weighted by Crippen LogP contribution is 2.21. The van der Waals surface area contributed by atoms with Crippen molar-refractivity contribution in [2.24, 2.45) is 5.84 Å². The quantitative estimate of drug-likeness (QED) is 0.469. The number of amides is 1. The third-order valence-electron chi connectivity index (χ3n) is 2.09. The first-order chi connectivity index (χ1) is 7.80. The maximum atomic E-state index is 11.8. The van der Waals surface area contributed by atoms with Crippen LogP contribution in [0.4, 0.5) is 0 Å². The number of sulfonamides is 1. The molecule has 17 heavy (non-hydrogen) atoms. The number of nitrogens with one attached hydrogen (secondary N) is 1. The SMILES string of the molecule is CN(C)S(=O)(=O)c1ccc(Cl)c(C(=O)NN)c1. The topological polar surface area (TPSA) is 92.5 Å². The minimum Gasteiger partial charge on any atom is -0.290 e. The van der Waals surface area contributed by atoms with Crippen LogP contribution in [0.5, 0.6) is 0 Å². The minimum absolute atomic E-state index is 0.0112. The van der Waals surface area contributed by atoms with Gasteiger partial charge in [0, 0.05) is 14.1 Å². The Morgan fingerprint density at radius 1 is 1.41 bits per heavy atom. The molecule has 0 saturated heterocycles. The van der Waals surface area contributed by atoms with Gasteiger partial charge in [-0.1, -0.05) is 11.6 Å². The zero-order valence-electron chi connectivity index (χ0n) is 9.27. The maximum Gasteiger partial charge on any atom is 0.266 e. The lowest BCUT2D eigenvalue weighted by Gasteiger charge is -2.12. The van der Waals surface area contributed by atoms with Crippen LogP contribution in [0.15, 0.2) is 23.1 Å². The summed E-state index contributed by atoms with van der Waals surface area (Å²) >= 11 is 5.77. The summed E-state index contributed by atoms with van der Waals surface area (Å²) in [5, 5.41) is 0.130. The van der Waals surface area contributed by atoms with Gasteiger partial charge in [-0.2, -0.15) is 0 Å². The van der Waals surface area contributed by atoms with E-state index in [-0.39, 0.29) is 15.5 Å². The summed E-state index contributed by atoms with van der Waals surface area (Å²) in [6.07, 6.45) is 0. The molecule has 8 heteroatoms. The Labute approximate surface area is 104 Å². The molecule has 3 N–H and O–H groups in total. The van der Waals surface area contributed by atoms with Crippen LogP contribution in [0.25, 0.3) is 0 Å². The maximum absolute atomic E-state index is 11.8. The highest BCUT2D eigenvalue weighted by Gasteiger charge is 2.20. The van der Waals surface area contributed by atoms with Crippen molar-refractivity contribution in [1.29, 1.82) is 0 Å². The summed E-state index contributed by atoms with van der Waals surface area (Å²) in [6.45, 7) is 0. The summed E-state index contributed by atoms with van der Waals surface area (Å²) in [7, 11) is -0.813. The fourth-order valence-corrected chi connectivity index (χ4v) is 2.26. The van der Waals surface area contributed by atoms with Crippen molar-refractivity contribution < 1.29 is 13.2 Å². The van der Waals surface area contributed by atoms with Gasteiger partial charge in [0.15, 0.2) is 0 Å². The molecule has 1 amide bonds. The number of carbonyl (C=O) groups excluding carboxylic acids is 1. The summed E-state index contributed by atoms with van der Waals surface area (Å²) < 4.78 is 24.7. The van der Waals surface area contributed by atoms with E-state index in [0.29, 0.717) is 0 Å². The monoisotopic (exact) mass is 277 g/mol. The van der Waals surface area contributed by atoms with Crippen molar-refractivity contribution in [1.82, 2.24) is 9.73 Å². The second kappa shape index (κ2) is 5.01. The number of benzene rings is 1. The lowest BCUT2D eigenvalue weighted by Crippen LogP contribution is -2.30. The number of nitrogens with two attached hydrogens (primary N) is 1. The molecule has 6 nitrogen and oxygen atoms in total. The van der Waals surface area contributed by atoms with Gasteiger partial charge in [-0.05, 0) is 18.2 Å². The molecule has 0 atom stereocenters. The van der Waals surface area contributed by atoms with Crippen LogP contribution >= 0.6 is 11.6 Å². The largest absolute Gasteiger partial charge is 0.290 e. The van der Waals surface area contributed by atoms with Gasteiger partial charge in [-0.15, -0.1) is 0 Å². The standard InChI is InChI=1S/C9H12ClN3O3S/c1-13(2)17(15,16)6-3-4-8(10)7(5-6)9(14)12-11/h3-5H,11H2,1-2H3,(H,12,14). The Kier molecular flexibility index (Phi) is 4.10. The second-order valence-corrected chi connectivity index (χ2v) is 5.96. The van der Waals surface area contributed by atoms with Crippen LogP contribution in [0.1, 0.15) is 10.4 Å². The molecule has 0 spiro atoms. The fraction of sp³-hybridized carbons (Fsp3) is 0.222. The molecule has 0 unspecified atom stereocenters. The molecule has 0 aliphatic carbocycles. The highest BCUT2D eigenvalue weighted by atomic mass is 35.5. The number of rotatable bonds is 3. The summed E-state index contributed by atoms with van der Waals surface area (Å²) in [4.78, 5) is 11.3. The smallest absolute Gasteiger partial charge is 0.266 e. The predicted molar refractivity (Wildman–Crippen MR) is 64.0 cm³/mol. The van der Waals surface area contributed by atoms with Gasteiger partial charge in [-0.3, -0.25) is 10.2 Å². The van der Waals surface area contributed by atoms with Gasteiger partial charge in [0.1, 0.15) is 0 Å². The molecule has 0 aliphatic heterocycles. The zero-order chi connectivity index (χ0) is 13.2. The molecule has 1 aromatic carbocycles. The van der Waals surface area contributed by atoms with Crippen molar-refractivity contribution in [3.8, 4) is 0 Å². The average molecular weight is 278 g/mol. The van der Waals surface area contributed by atoms with Gasteiger partial charge >= 0.3 is 0 Å². The Morgan fingerprint density at radius 3 is 2.47 bits per heavy atom. The molecule has 0 aliphatic rings. The molecule has 0 radical (unpaired) electrons. The van der Waals surface area contributed by atoms with Gasteiger partial charge in [0.05, 0.1) is 15.5 Å². The van der Waals surface area contributed by atoms with Crippen molar-refractivity contribution in [3.63, 3.8) is 0 Å². The number of hydrogen-bond donors (Lipinski definition) is 2. The van der Waals surface area contributed by atoms with Crippen molar-refractivity contribution in [2.75, 3.05) is 14.1 Å².